The molecule has 1 saturated carbocycles. The summed E-state index contributed by atoms with van der Waals surface area (Å²) >= 11 is 1.17. The Bertz CT molecular complexity index is 623. The summed E-state index contributed by atoms with van der Waals surface area (Å²) in [5.74, 6) is 0.833. The topological polar surface area (TPSA) is 58.1 Å². The second kappa shape index (κ2) is 6.49. The molecule has 1 aliphatic carbocycles. The summed E-state index contributed by atoms with van der Waals surface area (Å²) in [5.41, 5.74) is 2.37. The molecule has 6 heteroatoms. The van der Waals surface area contributed by atoms with Crippen LogP contribution in [0, 0.1) is 5.92 Å². The number of carbonyl (C=O) groups excluding carboxylic acids is 1. The highest BCUT2D eigenvalue weighted by molar-refractivity contribution is 7.00. The number of fused-ring (bicyclic) bond motifs is 1. The summed E-state index contributed by atoms with van der Waals surface area (Å²) in [6.07, 6.45) is 3.70. The molecule has 1 aromatic heterocycles. The van der Waals surface area contributed by atoms with E-state index in [2.05, 4.69) is 25.9 Å². The van der Waals surface area contributed by atoms with Gasteiger partial charge in [0.2, 0.25) is 5.91 Å². The Morgan fingerprint density at radius 1 is 1.43 bits per heavy atom. The third kappa shape index (κ3) is 3.77. The van der Waals surface area contributed by atoms with E-state index >= 15 is 0 Å². The van der Waals surface area contributed by atoms with Crippen LogP contribution >= 0.6 is 11.7 Å². The molecule has 0 radical (unpaired) electrons. The van der Waals surface area contributed by atoms with Crippen LogP contribution in [-0.2, 0) is 4.79 Å². The quantitative estimate of drug-likeness (QED) is 0.854. The smallest absolute Gasteiger partial charge is 0.238 e. The lowest BCUT2D eigenvalue weighted by Crippen LogP contribution is -2.35. The fourth-order valence-corrected chi connectivity index (χ4v) is 3.07. The monoisotopic (exact) mass is 304 g/mol. The van der Waals surface area contributed by atoms with Crippen LogP contribution in [0.1, 0.15) is 26.2 Å². The predicted octanol–water partition coefficient (Wildman–Crippen LogP) is 2.75. The highest BCUT2D eigenvalue weighted by Gasteiger charge is 2.25. The van der Waals surface area contributed by atoms with Crippen LogP contribution in [-0.4, -0.2) is 39.2 Å². The van der Waals surface area contributed by atoms with Crippen molar-refractivity contribution >= 4 is 34.4 Å². The van der Waals surface area contributed by atoms with Gasteiger partial charge in [0, 0.05) is 6.54 Å². The van der Waals surface area contributed by atoms with Crippen LogP contribution in [0.15, 0.2) is 18.2 Å². The number of hydrogen-bond acceptors (Lipinski definition) is 5. The molecule has 1 amide bonds. The van der Waals surface area contributed by atoms with Gasteiger partial charge in [0.1, 0.15) is 11.0 Å². The van der Waals surface area contributed by atoms with Gasteiger partial charge in [-0.15, -0.1) is 0 Å². The largest absolute Gasteiger partial charge is 0.323 e. The van der Waals surface area contributed by atoms with E-state index in [0.717, 1.165) is 42.1 Å². The van der Waals surface area contributed by atoms with Crippen LogP contribution in [0.4, 0.5) is 5.69 Å². The van der Waals surface area contributed by atoms with Crippen molar-refractivity contribution in [1.82, 2.24) is 13.6 Å². The molecule has 21 heavy (non-hydrogen) atoms. The van der Waals surface area contributed by atoms with Gasteiger partial charge in [-0.1, -0.05) is 13.0 Å². The normalized spacial score (nSPS) is 14.8. The molecule has 1 fully saturated rings. The first-order chi connectivity index (χ1) is 10.3. The second-order valence-electron chi connectivity index (χ2n) is 5.66. The minimum Gasteiger partial charge on any atom is -0.323 e. The first-order valence-corrected chi connectivity index (χ1v) is 8.22. The lowest BCUT2D eigenvalue weighted by Gasteiger charge is -2.20. The Balaban J connectivity index is 1.63. The number of rotatable bonds is 7. The van der Waals surface area contributed by atoms with Crippen LogP contribution < -0.4 is 5.32 Å². The number of benzene rings is 1. The molecular formula is C15H20N4OS. The second-order valence-corrected chi connectivity index (χ2v) is 6.19. The standard InChI is InChI=1S/C15H20N4OS/c1-2-8-19(9-11-6-7-11)10-14(20)16-12-4-3-5-13-15(12)18-21-17-13/h3-5,11H,2,6-10H2,1H3,(H,16,20). The highest BCUT2D eigenvalue weighted by Crippen LogP contribution is 2.29. The van der Waals surface area contributed by atoms with Crippen LogP contribution in [0.25, 0.3) is 11.0 Å². The molecule has 0 unspecified atom stereocenters. The molecule has 1 aliphatic rings. The molecule has 5 nitrogen and oxygen atoms in total. The first kappa shape index (κ1) is 14.4. The van der Waals surface area contributed by atoms with E-state index in [4.69, 9.17) is 0 Å². The zero-order valence-electron chi connectivity index (χ0n) is 12.2. The molecule has 1 aromatic carbocycles. The molecular weight excluding hydrogens is 284 g/mol. The number of hydrogen-bond donors (Lipinski definition) is 1. The average Bonchev–Trinajstić information content (AvgIpc) is 3.13. The maximum Gasteiger partial charge on any atom is 0.238 e. The third-order valence-electron chi connectivity index (χ3n) is 3.68. The molecule has 1 N–H and O–H groups in total. The third-order valence-corrected chi connectivity index (χ3v) is 4.22. The summed E-state index contributed by atoms with van der Waals surface area (Å²) in [6, 6.07) is 5.69. The van der Waals surface area contributed by atoms with E-state index in [1.165, 1.54) is 24.6 Å². The van der Waals surface area contributed by atoms with Gasteiger partial charge in [0.25, 0.3) is 0 Å². The van der Waals surface area contributed by atoms with E-state index in [0.29, 0.717) is 6.54 Å². The highest BCUT2D eigenvalue weighted by atomic mass is 32.1. The van der Waals surface area contributed by atoms with Gasteiger partial charge in [-0.2, -0.15) is 8.75 Å². The molecule has 3 rings (SSSR count). The van der Waals surface area contributed by atoms with Crippen molar-refractivity contribution in [3.05, 3.63) is 18.2 Å². The minimum absolute atomic E-state index is 0.0320. The zero-order valence-corrected chi connectivity index (χ0v) is 13.0. The number of anilines is 1. The minimum atomic E-state index is 0.0320. The number of amides is 1. The van der Waals surface area contributed by atoms with Gasteiger partial charge >= 0.3 is 0 Å². The van der Waals surface area contributed by atoms with Crippen molar-refractivity contribution in [2.75, 3.05) is 25.0 Å². The van der Waals surface area contributed by atoms with Crippen LogP contribution in [0.3, 0.4) is 0 Å². The number of nitrogens with zero attached hydrogens (tertiary/aromatic N) is 3. The lowest BCUT2D eigenvalue weighted by atomic mass is 10.2. The van der Waals surface area contributed by atoms with Crippen molar-refractivity contribution in [3.63, 3.8) is 0 Å². The van der Waals surface area contributed by atoms with Gasteiger partial charge in [-0.3, -0.25) is 9.69 Å². The van der Waals surface area contributed by atoms with Crippen LogP contribution in [0.2, 0.25) is 0 Å². The molecule has 0 bridgehead atoms. The molecule has 0 spiro atoms. The van der Waals surface area contributed by atoms with E-state index in [1.807, 2.05) is 18.2 Å². The molecule has 112 valence electrons. The van der Waals surface area contributed by atoms with Crippen LogP contribution in [0.5, 0.6) is 0 Å². The van der Waals surface area contributed by atoms with Gasteiger partial charge in [0.05, 0.1) is 24.0 Å². The van der Waals surface area contributed by atoms with Crippen molar-refractivity contribution in [2.45, 2.75) is 26.2 Å². The Morgan fingerprint density at radius 3 is 3.05 bits per heavy atom. The summed E-state index contributed by atoms with van der Waals surface area (Å²) in [7, 11) is 0. The Kier molecular flexibility index (Phi) is 4.45. The van der Waals surface area contributed by atoms with Crippen molar-refractivity contribution in [3.8, 4) is 0 Å². The fourth-order valence-electron chi connectivity index (χ4n) is 2.52. The summed E-state index contributed by atoms with van der Waals surface area (Å²) in [4.78, 5) is 14.5. The Hall–Kier alpha value is -1.53. The average molecular weight is 304 g/mol. The van der Waals surface area contributed by atoms with Gasteiger partial charge in [-0.05, 0) is 43.9 Å². The molecule has 0 saturated heterocycles. The summed E-state index contributed by atoms with van der Waals surface area (Å²) in [5, 5.41) is 2.98. The number of carbonyl (C=O) groups is 1. The zero-order chi connectivity index (χ0) is 14.7. The lowest BCUT2D eigenvalue weighted by molar-refractivity contribution is -0.117. The number of aromatic nitrogens is 2. The van der Waals surface area contributed by atoms with E-state index < -0.39 is 0 Å². The van der Waals surface area contributed by atoms with Gasteiger partial charge in [0.15, 0.2) is 0 Å². The molecule has 0 atom stereocenters. The van der Waals surface area contributed by atoms with Crippen molar-refractivity contribution in [2.24, 2.45) is 5.92 Å². The van der Waals surface area contributed by atoms with Crippen molar-refractivity contribution < 1.29 is 4.79 Å². The van der Waals surface area contributed by atoms with Gasteiger partial charge in [-0.25, -0.2) is 0 Å². The Morgan fingerprint density at radius 2 is 2.29 bits per heavy atom. The molecule has 1 heterocycles. The maximum absolute atomic E-state index is 12.3. The molecule has 0 aliphatic heterocycles. The van der Waals surface area contributed by atoms with E-state index in [-0.39, 0.29) is 5.91 Å². The van der Waals surface area contributed by atoms with Gasteiger partial charge < -0.3 is 5.32 Å². The number of nitrogens with one attached hydrogen (secondary N) is 1. The summed E-state index contributed by atoms with van der Waals surface area (Å²) < 4.78 is 8.44. The summed E-state index contributed by atoms with van der Waals surface area (Å²) in [6.45, 7) is 4.63. The SMILES string of the molecule is CCCN(CC(=O)Nc1cccc2nsnc12)CC1CC1. The maximum atomic E-state index is 12.3. The first-order valence-electron chi connectivity index (χ1n) is 7.49. The van der Waals surface area contributed by atoms with E-state index in [1.54, 1.807) is 0 Å². The van der Waals surface area contributed by atoms with Crippen molar-refractivity contribution in [1.29, 1.82) is 0 Å². The van der Waals surface area contributed by atoms with E-state index in [9.17, 15) is 4.79 Å². The fraction of sp³-hybridized carbons (Fsp3) is 0.533. The predicted molar refractivity (Wildman–Crippen MR) is 85.5 cm³/mol. The molecule has 2 aromatic rings. The Labute approximate surface area is 128 Å².